The van der Waals surface area contributed by atoms with E-state index in [9.17, 15) is 23.9 Å². The number of hydrogen-bond acceptors (Lipinski definition) is 4. The van der Waals surface area contributed by atoms with Crippen molar-refractivity contribution in [3.8, 4) is 0 Å². The second-order valence-corrected chi connectivity index (χ2v) is 8.96. The molecule has 172 valence electrons. The molecule has 0 saturated carbocycles. The minimum Gasteiger partial charge on any atom is -0.480 e. The lowest BCUT2D eigenvalue weighted by molar-refractivity contribution is -0.148. The van der Waals surface area contributed by atoms with Gasteiger partial charge < -0.3 is 5.11 Å². The molecule has 0 spiro atoms. The number of rotatable bonds is 5. The molecule has 0 aliphatic carbocycles. The summed E-state index contributed by atoms with van der Waals surface area (Å²) >= 11 is 0. The molecule has 7 heteroatoms. The number of carboxylic acid groups (broad SMARTS) is 1. The van der Waals surface area contributed by atoms with Crippen LogP contribution in [-0.2, 0) is 20.8 Å². The smallest absolute Gasteiger partial charge is 0.325 e. The first-order valence-electron chi connectivity index (χ1n) is 11.1. The second kappa shape index (κ2) is 8.18. The van der Waals surface area contributed by atoms with Crippen molar-refractivity contribution in [2.24, 2.45) is 11.8 Å². The quantitative estimate of drug-likeness (QED) is 0.570. The van der Waals surface area contributed by atoms with Gasteiger partial charge in [0.25, 0.3) is 0 Å². The molecule has 2 N–H and O–H groups in total. The van der Waals surface area contributed by atoms with Crippen LogP contribution in [-0.4, -0.2) is 28.4 Å². The summed E-state index contributed by atoms with van der Waals surface area (Å²) in [6.07, 6.45) is 0.0307. The Morgan fingerprint density at radius 3 is 2.24 bits per heavy atom. The van der Waals surface area contributed by atoms with Crippen molar-refractivity contribution in [2.75, 3.05) is 4.90 Å². The topological polar surface area (TPSA) is 86.7 Å². The minimum absolute atomic E-state index is 0.0307. The van der Waals surface area contributed by atoms with Crippen LogP contribution in [0.4, 0.5) is 10.1 Å². The summed E-state index contributed by atoms with van der Waals surface area (Å²) in [5.74, 6) is -4.82. The molecular formula is C27H23FN2O4. The molecule has 2 aliphatic heterocycles. The van der Waals surface area contributed by atoms with Crippen molar-refractivity contribution in [3.05, 3.63) is 101 Å². The van der Waals surface area contributed by atoms with Gasteiger partial charge in [0, 0.05) is 12.5 Å². The highest BCUT2D eigenvalue weighted by Gasteiger charge is 2.68. The zero-order valence-corrected chi connectivity index (χ0v) is 18.4. The van der Waals surface area contributed by atoms with E-state index in [1.165, 1.54) is 24.3 Å². The highest BCUT2D eigenvalue weighted by atomic mass is 19.1. The molecule has 0 radical (unpaired) electrons. The summed E-state index contributed by atoms with van der Waals surface area (Å²) in [5.41, 5.74) is 1.03. The van der Waals surface area contributed by atoms with Gasteiger partial charge in [0.05, 0.1) is 17.5 Å². The first kappa shape index (κ1) is 22.0. The van der Waals surface area contributed by atoms with Crippen molar-refractivity contribution >= 4 is 23.5 Å². The van der Waals surface area contributed by atoms with E-state index < -0.39 is 47.0 Å². The molecule has 2 heterocycles. The number of benzene rings is 3. The summed E-state index contributed by atoms with van der Waals surface area (Å²) in [4.78, 5) is 41.3. The number of fused-ring (bicyclic) bond motifs is 1. The normalized spacial score (nSPS) is 26.1. The lowest BCUT2D eigenvalue weighted by atomic mass is 9.76. The predicted molar refractivity (Wildman–Crippen MR) is 123 cm³/mol. The van der Waals surface area contributed by atoms with Crippen molar-refractivity contribution in [1.29, 1.82) is 0 Å². The van der Waals surface area contributed by atoms with Gasteiger partial charge in [-0.3, -0.25) is 19.7 Å². The Morgan fingerprint density at radius 2 is 1.62 bits per heavy atom. The molecule has 2 saturated heterocycles. The van der Waals surface area contributed by atoms with E-state index in [1.54, 1.807) is 24.3 Å². The molecule has 0 bridgehead atoms. The van der Waals surface area contributed by atoms with Crippen LogP contribution in [0.1, 0.15) is 22.7 Å². The van der Waals surface area contributed by atoms with Crippen LogP contribution >= 0.6 is 0 Å². The zero-order valence-electron chi connectivity index (χ0n) is 18.4. The van der Waals surface area contributed by atoms with Crippen LogP contribution in [0.15, 0.2) is 78.9 Å². The largest absolute Gasteiger partial charge is 0.480 e. The highest BCUT2D eigenvalue weighted by Crippen LogP contribution is 2.50. The number of nitrogens with zero attached hydrogens (tertiary/aromatic N) is 1. The van der Waals surface area contributed by atoms with Crippen LogP contribution in [0.2, 0.25) is 0 Å². The average molecular weight is 458 g/mol. The van der Waals surface area contributed by atoms with Crippen molar-refractivity contribution in [1.82, 2.24) is 5.32 Å². The summed E-state index contributed by atoms with van der Waals surface area (Å²) in [6.45, 7) is 1.94. The third-order valence-electron chi connectivity index (χ3n) is 6.88. The number of nitrogens with one attached hydrogen (secondary N) is 1. The monoisotopic (exact) mass is 458 g/mol. The first-order valence-corrected chi connectivity index (χ1v) is 11.1. The van der Waals surface area contributed by atoms with Crippen LogP contribution in [0.5, 0.6) is 0 Å². The zero-order chi connectivity index (χ0) is 24.0. The Labute approximate surface area is 196 Å². The number of aliphatic carboxylic acids is 1. The average Bonchev–Trinajstić information content (AvgIpc) is 3.30. The fraction of sp³-hybridized carbons (Fsp3) is 0.222. The van der Waals surface area contributed by atoms with Gasteiger partial charge in [0.1, 0.15) is 11.4 Å². The van der Waals surface area contributed by atoms with Gasteiger partial charge in [-0.15, -0.1) is 0 Å². The van der Waals surface area contributed by atoms with E-state index in [0.717, 1.165) is 21.6 Å². The van der Waals surface area contributed by atoms with Gasteiger partial charge in [0.2, 0.25) is 11.8 Å². The number of carbonyl (C=O) groups is 3. The number of halogens is 1. The summed E-state index contributed by atoms with van der Waals surface area (Å²) < 4.78 is 13.5. The second-order valence-electron chi connectivity index (χ2n) is 8.96. The number of amides is 2. The maximum absolute atomic E-state index is 13.7. The van der Waals surface area contributed by atoms with Gasteiger partial charge in [-0.05, 0) is 42.3 Å². The SMILES string of the molecule is Cc1ccc([C@@H]2N[C@](Cc3ccccc3)(C(=O)O)[C@@H]3C(=O)N(c4ccc(F)cc4)C(=O)[C@@H]32)cc1. The lowest BCUT2D eigenvalue weighted by Crippen LogP contribution is -2.57. The third kappa shape index (κ3) is 3.40. The van der Waals surface area contributed by atoms with Gasteiger partial charge >= 0.3 is 5.97 Å². The Hall–Kier alpha value is -3.84. The molecule has 2 amide bonds. The van der Waals surface area contributed by atoms with E-state index >= 15 is 0 Å². The summed E-state index contributed by atoms with van der Waals surface area (Å²) in [6, 6.07) is 20.9. The number of hydrogen-bond donors (Lipinski definition) is 2. The summed E-state index contributed by atoms with van der Waals surface area (Å²) in [7, 11) is 0. The van der Waals surface area contributed by atoms with Crippen molar-refractivity contribution in [3.63, 3.8) is 0 Å². The fourth-order valence-electron chi connectivity index (χ4n) is 5.26. The number of aryl methyl sites for hydroxylation is 1. The molecule has 34 heavy (non-hydrogen) atoms. The maximum Gasteiger partial charge on any atom is 0.325 e. The number of imide groups is 1. The van der Waals surface area contributed by atoms with Gasteiger partial charge in [-0.1, -0.05) is 60.2 Å². The van der Waals surface area contributed by atoms with E-state index in [1.807, 2.05) is 37.3 Å². The molecule has 0 aromatic heterocycles. The van der Waals surface area contributed by atoms with E-state index in [-0.39, 0.29) is 12.1 Å². The molecule has 3 aromatic rings. The number of anilines is 1. The molecular weight excluding hydrogens is 435 g/mol. The standard InChI is InChI=1S/C27H23FN2O4/c1-16-7-9-18(10-8-16)23-21-22(25(32)30(24(21)31)20-13-11-19(28)12-14-20)27(29-23,26(33)34)15-17-5-3-2-4-6-17/h2-14,21-23,29H,15H2,1H3,(H,33,34)/t21-,22-,23-,27-/m0/s1. The Balaban J connectivity index is 1.65. The van der Waals surface area contributed by atoms with Crippen LogP contribution in [0.25, 0.3) is 0 Å². The Morgan fingerprint density at radius 1 is 0.971 bits per heavy atom. The van der Waals surface area contributed by atoms with E-state index in [4.69, 9.17) is 0 Å². The van der Waals surface area contributed by atoms with Crippen LogP contribution in [0, 0.1) is 24.6 Å². The molecule has 2 fully saturated rings. The number of carboxylic acids is 1. The number of carbonyl (C=O) groups excluding carboxylic acids is 2. The maximum atomic E-state index is 13.7. The van der Waals surface area contributed by atoms with Crippen molar-refractivity contribution < 1.29 is 23.9 Å². The molecule has 5 rings (SSSR count). The summed E-state index contributed by atoms with van der Waals surface area (Å²) in [5, 5.41) is 13.7. The molecule has 6 nitrogen and oxygen atoms in total. The first-order chi connectivity index (χ1) is 16.3. The molecule has 0 unspecified atom stereocenters. The minimum atomic E-state index is -1.69. The third-order valence-corrected chi connectivity index (χ3v) is 6.88. The molecule has 3 aromatic carbocycles. The fourth-order valence-corrected chi connectivity index (χ4v) is 5.26. The van der Waals surface area contributed by atoms with Crippen molar-refractivity contribution in [2.45, 2.75) is 24.9 Å². The van der Waals surface area contributed by atoms with Crippen LogP contribution < -0.4 is 10.2 Å². The van der Waals surface area contributed by atoms with Gasteiger partial charge in [-0.25, -0.2) is 9.29 Å². The van der Waals surface area contributed by atoms with Crippen LogP contribution in [0.3, 0.4) is 0 Å². The van der Waals surface area contributed by atoms with E-state index in [0.29, 0.717) is 0 Å². The lowest BCUT2D eigenvalue weighted by Gasteiger charge is -2.31. The molecule has 4 atom stereocenters. The Kier molecular flexibility index (Phi) is 5.29. The Bertz CT molecular complexity index is 1260. The highest BCUT2D eigenvalue weighted by molar-refractivity contribution is 6.24. The van der Waals surface area contributed by atoms with E-state index in [2.05, 4.69) is 5.32 Å². The molecule has 2 aliphatic rings. The predicted octanol–water partition coefficient (Wildman–Crippen LogP) is 3.65. The van der Waals surface area contributed by atoms with Gasteiger partial charge in [-0.2, -0.15) is 0 Å². The van der Waals surface area contributed by atoms with Gasteiger partial charge in [0.15, 0.2) is 0 Å².